The van der Waals surface area contributed by atoms with Gasteiger partial charge in [-0.15, -0.1) is 0 Å². The van der Waals surface area contributed by atoms with Crippen LogP contribution in [0.15, 0.2) is 36.4 Å². The maximum atomic E-state index is 12.4. The van der Waals surface area contributed by atoms with Crippen molar-refractivity contribution in [2.45, 2.75) is 13.8 Å². The molecule has 0 aliphatic rings. The summed E-state index contributed by atoms with van der Waals surface area (Å²) in [7, 11) is 1.67. The van der Waals surface area contributed by atoms with Crippen LogP contribution in [0, 0.1) is 13.8 Å². The minimum Gasteiger partial charge on any atom is -0.508 e. The molecule has 0 aliphatic carbocycles. The van der Waals surface area contributed by atoms with Crippen LogP contribution in [-0.4, -0.2) is 23.2 Å². The highest BCUT2D eigenvalue weighted by Crippen LogP contribution is 2.25. The largest absolute Gasteiger partial charge is 0.508 e. The maximum absolute atomic E-state index is 12.4. The summed E-state index contributed by atoms with van der Waals surface area (Å²) < 4.78 is 0. The lowest BCUT2D eigenvalue weighted by Crippen LogP contribution is -2.26. The number of hydrogen-bond donors (Lipinski definition) is 2. The molecule has 104 valence electrons. The third-order valence-electron chi connectivity index (χ3n) is 3.17. The highest BCUT2D eigenvalue weighted by atomic mass is 16.3. The van der Waals surface area contributed by atoms with Crippen LogP contribution in [0.5, 0.6) is 11.5 Å². The molecule has 0 unspecified atom stereocenters. The number of carbonyl (C=O) groups excluding carboxylic acids is 1. The normalized spacial score (nSPS) is 10.3. The molecule has 0 fully saturated rings. The van der Waals surface area contributed by atoms with Crippen molar-refractivity contribution in [2.24, 2.45) is 0 Å². The second kappa shape index (κ2) is 5.25. The topological polar surface area (TPSA) is 60.8 Å². The van der Waals surface area contributed by atoms with Crippen molar-refractivity contribution in [3.8, 4) is 11.5 Å². The molecule has 0 aromatic heterocycles. The number of phenolic OH excluding ortho intramolecular Hbond substituents is 2. The third kappa shape index (κ3) is 2.74. The van der Waals surface area contributed by atoms with E-state index in [4.69, 9.17) is 0 Å². The highest BCUT2D eigenvalue weighted by Gasteiger charge is 2.16. The van der Waals surface area contributed by atoms with Crippen molar-refractivity contribution >= 4 is 11.6 Å². The van der Waals surface area contributed by atoms with Crippen LogP contribution in [0.25, 0.3) is 0 Å². The van der Waals surface area contributed by atoms with Crippen LogP contribution >= 0.6 is 0 Å². The Bertz CT molecular complexity index is 645. The lowest BCUT2D eigenvalue weighted by atomic mass is 10.1. The molecule has 2 aromatic rings. The van der Waals surface area contributed by atoms with Gasteiger partial charge in [-0.25, -0.2) is 0 Å². The Morgan fingerprint density at radius 2 is 1.60 bits per heavy atom. The molecule has 4 nitrogen and oxygen atoms in total. The van der Waals surface area contributed by atoms with Crippen molar-refractivity contribution in [1.82, 2.24) is 0 Å². The van der Waals surface area contributed by atoms with E-state index in [0.29, 0.717) is 0 Å². The molecule has 0 atom stereocenters. The fourth-order valence-corrected chi connectivity index (χ4v) is 2.20. The lowest BCUT2D eigenvalue weighted by molar-refractivity contribution is 0.0992. The second-order valence-electron chi connectivity index (χ2n) is 4.89. The molecule has 0 bridgehead atoms. The molecule has 20 heavy (non-hydrogen) atoms. The Balaban J connectivity index is 2.37. The van der Waals surface area contributed by atoms with Gasteiger partial charge in [0.15, 0.2) is 0 Å². The number of aryl methyl sites for hydroxylation is 2. The summed E-state index contributed by atoms with van der Waals surface area (Å²) in [5.41, 5.74) is 3.15. The number of aromatic hydroxyl groups is 2. The first-order valence-electron chi connectivity index (χ1n) is 6.27. The summed E-state index contributed by atoms with van der Waals surface area (Å²) in [5.74, 6) is -0.562. The number of phenols is 2. The van der Waals surface area contributed by atoms with Gasteiger partial charge in [-0.2, -0.15) is 0 Å². The molecule has 0 radical (unpaired) electrons. The number of rotatable bonds is 2. The molecule has 0 heterocycles. The molecular weight excluding hydrogens is 254 g/mol. The van der Waals surface area contributed by atoms with E-state index in [1.807, 2.05) is 32.0 Å². The molecule has 0 spiro atoms. The molecule has 0 saturated heterocycles. The molecule has 4 heteroatoms. The van der Waals surface area contributed by atoms with Crippen molar-refractivity contribution < 1.29 is 15.0 Å². The summed E-state index contributed by atoms with van der Waals surface area (Å²) in [6.45, 7) is 3.93. The van der Waals surface area contributed by atoms with Gasteiger partial charge < -0.3 is 15.1 Å². The van der Waals surface area contributed by atoms with Gasteiger partial charge in [-0.05, 0) is 37.6 Å². The van der Waals surface area contributed by atoms with Crippen LogP contribution < -0.4 is 4.90 Å². The Morgan fingerprint density at radius 1 is 1.00 bits per heavy atom. The smallest absolute Gasteiger partial charge is 0.258 e. The monoisotopic (exact) mass is 271 g/mol. The number of benzene rings is 2. The zero-order chi connectivity index (χ0) is 14.9. The van der Waals surface area contributed by atoms with E-state index < -0.39 is 0 Å². The Morgan fingerprint density at radius 3 is 2.15 bits per heavy atom. The molecule has 2 N–H and O–H groups in total. The zero-order valence-electron chi connectivity index (χ0n) is 11.7. The predicted octanol–water partition coefficient (Wildman–Crippen LogP) is 2.99. The Kier molecular flexibility index (Phi) is 3.66. The standard InChI is InChI=1S/C16H17NO3/c1-10-4-5-15(11(2)6-10)17(3)16(20)12-7-13(18)9-14(19)8-12/h4-9,18-19H,1-3H3. The second-order valence-corrected chi connectivity index (χ2v) is 4.89. The van der Waals surface area contributed by atoms with Gasteiger partial charge in [-0.1, -0.05) is 17.7 Å². The van der Waals surface area contributed by atoms with Crippen molar-refractivity contribution in [1.29, 1.82) is 0 Å². The van der Waals surface area contributed by atoms with Gasteiger partial charge in [0.25, 0.3) is 5.91 Å². The quantitative estimate of drug-likeness (QED) is 0.882. The predicted molar refractivity (Wildman–Crippen MR) is 78.4 cm³/mol. The average molecular weight is 271 g/mol. The molecule has 0 aliphatic heterocycles. The first-order valence-corrected chi connectivity index (χ1v) is 6.27. The van der Waals surface area contributed by atoms with Crippen LogP contribution in [0.3, 0.4) is 0 Å². The summed E-state index contributed by atoms with van der Waals surface area (Å²) in [6.07, 6.45) is 0. The number of nitrogens with zero attached hydrogens (tertiary/aromatic N) is 1. The molecule has 0 saturated carbocycles. The van der Waals surface area contributed by atoms with Crippen LogP contribution in [0.4, 0.5) is 5.69 Å². The Hall–Kier alpha value is -2.49. The highest BCUT2D eigenvalue weighted by molar-refractivity contribution is 6.06. The van der Waals surface area contributed by atoms with Crippen LogP contribution in [0.1, 0.15) is 21.5 Å². The molecule has 2 rings (SSSR count). The summed E-state index contributed by atoms with van der Waals surface area (Å²) in [4.78, 5) is 13.9. The molecule has 1 amide bonds. The van der Waals surface area contributed by atoms with Crippen LogP contribution in [0.2, 0.25) is 0 Å². The minimum absolute atomic E-state index is 0.137. The Labute approximate surface area is 117 Å². The van der Waals surface area contributed by atoms with Gasteiger partial charge in [0, 0.05) is 24.4 Å². The van der Waals surface area contributed by atoms with E-state index in [9.17, 15) is 15.0 Å². The number of amides is 1. The van der Waals surface area contributed by atoms with Gasteiger partial charge in [0.2, 0.25) is 0 Å². The van der Waals surface area contributed by atoms with Crippen molar-refractivity contribution in [3.05, 3.63) is 53.1 Å². The lowest BCUT2D eigenvalue weighted by Gasteiger charge is -2.20. The SMILES string of the molecule is Cc1ccc(N(C)C(=O)c2cc(O)cc(O)c2)c(C)c1. The first-order chi connectivity index (χ1) is 9.38. The van der Waals surface area contributed by atoms with E-state index >= 15 is 0 Å². The third-order valence-corrected chi connectivity index (χ3v) is 3.17. The van der Waals surface area contributed by atoms with E-state index in [1.165, 1.54) is 23.1 Å². The fourth-order valence-electron chi connectivity index (χ4n) is 2.20. The van der Waals surface area contributed by atoms with Gasteiger partial charge >= 0.3 is 0 Å². The number of hydrogen-bond acceptors (Lipinski definition) is 3. The fraction of sp³-hybridized carbons (Fsp3) is 0.188. The molecular formula is C16H17NO3. The first kappa shape index (κ1) is 13.9. The number of anilines is 1. The number of carbonyl (C=O) groups is 1. The van der Waals surface area contributed by atoms with E-state index in [2.05, 4.69) is 0 Å². The zero-order valence-corrected chi connectivity index (χ0v) is 11.7. The van der Waals surface area contributed by atoms with Crippen LogP contribution in [-0.2, 0) is 0 Å². The van der Waals surface area contributed by atoms with Crippen molar-refractivity contribution in [2.75, 3.05) is 11.9 Å². The van der Waals surface area contributed by atoms with E-state index in [-0.39, 0.29) is 23.0 Å². The average Bonchev–Trinajstić information content (AvgIpc) is 2.36. The summed E-state index contributed by atoms with van der Waals surface area (Å²) >= 11 is 0. The van der Waals surface area contributed by atoms with Gasteiger partial charge in [0.1, 0.15) is 11.5 Å². The van der Waals surface area contributed by atoms with E-state index in [1.54, 1.807) is 7.05 Å². The maximum Gasteiger partial charge on any atom is 0.258 e. The molecule has 2 aromatic carbocycles. The van der Waals surface area contributed by atoms with Gasteiger partial charge in [0.05, 0.1) is 0 Å². The van der Waals surface area contributed by atoms with Crippen molar-refractivity contribution in [3.63, 3.8) is 0 Å². The minimum atomic E-state index is -0.289. The van der Waals surface area contributed by atoms with Gasteiger partial charge in [-0.3, -0.25) is 4.79 Å². The summed E-state index contributed by atoms with van der Waals surface area (Å²) in [5, 5.41) is 18.9. The van der Waals surface area contributed by atoms with E-state index in [0.717, 1.165) is 16.8 Å². The summed E-state index contributed by atoms with van der Waals surface area (Å²) in [6, 6.07) is 9.67.